The number of hydrogen-bond acceptors (Lipinski definition) is 11. The maximum absolute atomic E-state index is 12.5. The van der Waals surface area contributed by atoms with E-state index < -0.39 is 32.4 Å². The van der Waals surface area contributed by atoms with Gasteiger partial charge in [0.05, 0.1) is 17.7 Å². The van der Waals surface area contributed by atoms with Gasteiger partial charge in [-0.3, -0.25) is 9.35 Å². The first-order valence-corrected chi connectivity index (χ1v) is 9.99. The van der Waals surface area contributed by atoms with Gasteiger partial charge in [-0.1, -0.05) is 17.2 Å². The number of rotatable bonds is 8. The number of nitrogens with zero attached hydrogens (tertiary/aromatic N) is 2. The van der Waals surface area contributed by atoms with E-state index in [1.165, 1.54) is 36.4 Å². The number of para-hydroxylation sites is 1. The SMILES string of the molecule is C/C(O)=C(/N=Nc1cc(SOOO)ccc1O)C(=O)Nc1ccccc1S(=O)(=O)O. The Morgan fingerprint density at radius 2 is 1.90 bits per heavy atom. The molecule has 0 saturated carbocycles. The minimum Gasteiger partial charge on any atom is -0.510 e. The van der Waals surface area contributed by atoms with Crippen LogP contribution in [0.3, 0.4) is 0 Å². The predicted octanol–water partition coefficient (Wildman–Crippen LogP) is 3.58. The minimum atomic E-state index is -4.62. The zero-order valence-corrected chi connectivity index (χ0v) is 16.7. The third-order valence-corrected chi connectivity index (χ3v) is 4.82. The molecule has 0 radical (unpaired) electrons. The quantitative estimate of drug-likeness (QED) is 0.0745. The van der Waals surface area contributed by atoms with Crippen molar-refractivity contribution in [1.29, 1.82) is 0 Å². The van der Waals surface area contributed by atoms with E-state index in [0.29, 0.717) is 16.9 Å². The van der Waals surface area contributed by atoms with E-state index in [9.17, 15) is 28.0 Å². The number of phenolic OH excluding ortho intramolecular Hbond substituents is 1. The normalized spacial score (nSPS) is 12.6. The molecule has 2 aromatic carbocycles. The van der Waals surface area contributed by atoms with Crippen LogP contribution in [0.5, 0.6) is 5.75 Å². The molecule has 0 unspecified atom stereocenters. The van der Waals surface area contributed by atoms with E-state index in [-0.39, 0.29) is 17.1 Å². The van der Waals surface area contributed by atoms with E-state index in [1.807, 2.05) is 0 Å². The number of carbonyl (C=O) groups excluding carboxylic acids is 1. The monoisotopic (exact) mass is 457 g/mol. The molecular weight excluding hydrogens is 442 g/mol. The van der Waals surface area contributed by atoms with Gasteiger partial charge in [0.25, 0.3) is 16.0 Å². The van der Waals surface area contributed by atoms with E-state index in [2.05, 4.69) is 24.9 Å². The summed E-state index contributed by atoms with van der Waals surface area (Å²) in [5.41, 5.74) is -0.958. The van der Waals surface area contributed by atoms with Crippen molar-refractivity contribution in [3.05, 3.63) is 53.9 Å². The van der Waals surface area contributed by atoms with Gasteiger partial charge >= 0.3 is 0 Å². The largest absolute Gasteiger partial charge is 0.510 e. The Labute approximate surface area is 174 Å². The van der Waals surface area contributed by atoms with Gasteiger partial charge in [0.2, 0.25) is 0 Å². The number of allylic oxidation sites excluding steroid dienone is 1. The van der Waals surface area contributed by atoms with Crippen LogP contribution in [-0.4, -0.2) is 34.3 Å². The summed E-state index contributed by atoms with van der Waals surface area (Å²) in [6, 6.07) is 8.96. The molecule has 0 heterocycles. The topological polar surface area (TPSA) is 187 Å². The Hall–Kier alpha value is -3.01. The zero-order valence-electron chi connectivity index (χ0n) is 15.1. The van der Waals surface area contributed by atoms with Gasteiger partial charge < -0.3 is 15.5 Å². The van der Waals surface area contributed by atoms with Crippen LogP contribution in [0.1, 0.15) is 6.92 Å². The van der Waals surface area contributed by atoms with Crippen molar-refractivity contribution in [2.45, 2.75) is 16.7 Å². The zero-order chi connectivity index (χ0) is 22.3. The van der Waals surface area contributed by atoms with Gasteiger partial charge in [-0.15, -0.1) is 14.6 Å². The fraction of sp³-hybridized carbons (Fsp3) is 0.0625. The second-order valence-electron chi connectivity index (χ2n) is 5.44. The second-order valence-corrected chi connectivity index (χ2v) is 7.60. The van der Waals surface area contributed by atoms with Crippen molar-refractivity contribution in [1.82, 2.24) is 0 Å². The molecule has 14 heteroatoms. The number of anilines is 1. The number of nitrogens with one attached hydrogen (secondary N) is 1. The lowest BCUT2D eigenvalue weighted by Crippen LogP contribution is -2.16. The van der Waals surface area contributed by atoms with Gasteiger partial charge in [0, 0.05) is 4.90 Å². The summed E-state index contributed by atoms with van der Waals surface area (Å²) in [7, 11) is -4.62. The lowest BCUT2D eigenvalue weighted by Gasteiger charge is -2.09. The Balaban J connectivity index is 2.30. The molecule has 0 saturated heterocycles. The average molecular weight is 457 g/mol. The number of benzene rings is 2. The Morgan fingerprint density at radius 3 is 2.53 bits per heavy atom. The van der Waals surface area contributed by atoms with Crippen LogP contribution in [0.25, 0.3) is 0 Å². The maximum Gasteiger partial charge on any atom is 0.296 e. The summed E-state index contributed by atoms with van der Waals surface area (Å²) in [5.74, 6) is -1.90. The predicted molar refractivity (Wildman–Crippen MR) is 103 cm³/mol. The Morgan fingerprint density at radius 1 is 1.20 bits per heavy atom. The van der Waals surface area contributed by atoms with Gasteiger partial charge in [-0.25, -0.2) is 5.26 Å². The molecule has 1 amide bonds. The smallest absolute Gasteiger partial charge is 0.296 e. The summed E-state index contributed by atoms with van der Waals surface area (Å²) in [5, 5.41) is 40.8. The summed E-state index contributed by atoms with van der Waals surface area (Å²) in [6.45, 7) is 1.14. The first-order chi connectivity index (χ1) is 14.1. The van der Waals surface area contributed by atoms with E-state index in [0.717, 1.165) is 13.0 Å². The van der Waals surface area contributed by atoms with Crippen molar-refractivity contribution in [3.8, 4) is 5.75 Å². The van der Waals surface area contributed by atoms with Crippen LogP contribution >= 0.6 is 12.0 Å². The number of phenols is 1. The van der Waals surface area contributed by atoms with Crippen molar-refractivity contribution < 1.29 is 42.6 Å². The third-order valence-electron chi connectivity index (χ3n) is 3.34. The van der Waals surface area contributed by atoms with Crippen LogP contribution < -0.4 is 5.32 Å². The third kappa shape index (κ3) is 6.24. The number of amides is 1. The summed E-state index contributed by atoms with van der Waals surface area (Å²) < 4.78 is 36.4. The van der Waals surface area contributed by atoms with Crippen LogP contribution in [0.15, 0.2) is 73.9 Å². The molecule has 0 atom stereocenters. The highest BCUT2D eigenvalue weighted by molar-refractivity contribution is 7.94. The van der Waals surface area contributed by atoms with Crippen molar-refractivity contribution >= 4 is 39.4 Å². The Kier molecular flexibility index (Phi) is 7.87. The maximum atomic E-state index is 12.5. The molecule has 30 heavy (non-hydrogen) atoms. The number of hydrogen-bond donors (Lipinski definition) is 5. The molecule has 0 aromatic heterocycles. The number of aromatic hydroxyl groups is 1. The molecule has 0 aliphatic rings. The lowest BCUT2D eigenvalue weighted by atomic mass is 10.3. The van der Waals surface area contributed by atoms with Crippen molar-refractivity contribution in [3.63, 3.8) is 0 Å². The van der Waals surface area contributed by atoms with Crippen LogP contribution in [0.2, 0.25) is 0 Å². The molecule has 2 rings (SSSR count). The molecular formula is C16H15N3O9S2. The van der Waals surface area contributed by atoms with E-state index in [4.69, 9.17) is 5.26 Å². The molecule has 2 aromatic rings. The molecule has 12 nitrogen and oxygen atoms in total. The summed E-state index contributed by atoms with van der Waals surface area (Å²) in [6.07, 6.45) is 0. The van der Waals surface area contributed by atoms with Gasteiger partial charge in [0.1, 0.15) is 22.1 Å². The molecule has 0 aliphatic carbocycles. The average Bonchev–Trinajstić information content (AvgIpc) is 2.67. The van der Waals surface area contributed by atoms with Crippen LogP contribution in [0, 0.1) is 0 Å². The molecule has 0 aliphatic heterocycles. The van der Waals surface area contributed by atoms with E-state index in [1.54, 1.807) is 0 Å². The van der Waals surface area contributed by atoms with Gasteiger partial charge in [-0.2, -0.15) is 8.42 Å². The van der Waals surface area contributed by atoms with Crippen LogP contribution in [-0.2, 0) is 24.3 Å². The molecule has 160 valence electrons. The molecule has 0 fully saturated rings. The fourth-order valence-corrected chi connectivity index (χ4v) is 3.09. The van der Waals surface area contributed by atoms with Gasteiger partial charge in [-0.05, 0) is 37.3 Å². The molecule has 0 spiro atoms. The molecule has 5 N–H and O–H groups in total. The lowest BCUT2D eigenvalue weighted by molar-refractivity contribution is -0.432. The first kappa shape index (κ1) is 23.3. The number of azo groups is 1. The minimum absolute atomic E-state index is 0.119. The highest BCUT2D eigenvalue weighted by atomic mass is 32.2. The number of aliphatic hydroxyl groups is 1. The van der Waals surface area contributed by atoms with Crippen molar-refractivity contribution in [2.24, 2.45) is 10.2 Å². The summed E-state index contributed by atoms with van der Waals surface area (Å²) in [4.78, 5) is 12.2. The first-order valence-electron chi connectivity index (χ1n) is 7.80. The van der Waals surface area contributed by atoms with Crippen LogP contribution in [0.4, 0.5) is 11.4 Å². The van der Waals surface area contributed by atoms with Crippen molar-refractivity contribution in [2.75, 3.05) is 5.32 Å². The highest BCUT2D eigenvalue weighted by Gasteiger charge is 2.20. The second kappa shape index (κ2) is 10.1. The van der Waals surface area contributed by atoms with E-state index >= 15 is 0 Å². The fourth-order valence-electron chi connectivity index (χ4n) is 2.05. The Bertz CT molecular complexity index is 1100. The summed E-state index contributed by atoms with van der Waals surface area (Å²) >= 11 is 0.590. The van der Waals surface area contributed by atoms with Gasteiger partial charge in [0.15, 0.2) is 5.70 Å². The number of aliphatic hydroxyl groups excluding tert-OH is 1. The highest BCUT2D eigenvalue weighted by Crippen LogP contribution is 2.32. The number of carbonyl (C=O) groups is 1. The standard InChI is InChI=1S/C16H15N3O9S2/c1-9(20)15(16(22)17-11-4-2-3-5-14(11)30(24,25)26)19-18-12-8-10(29-28-27-23)6-7-13(12)21/h2-8,20-21,23H,1H3,(H,17,22)(H,24,25,26)/b15-9-,19-18?. The molecule has 0 bridgehead atoms.